The maximum atomic E-state index is 12.7. The molecule has 4 fully saturated rings. The van der Waals surface area contributed by atoms with E-state index in [9.17, 15) is 9.59 Å². The number of urea groups is 1. The number of nitrogens with zero attached hydrogens (tertiary/aromatic N) is 7. The third-order valence-corrected chi connectivity index (χ3v) is 9.20. The van der Waals surface area contributed by atoms with E-state index in [4.69, 9.17) is 29.9 Å². The lowest BCUT2D eigenvalue weighted by atomic mass is 10.3. The molecule has 4 saturated heterocycles. The van der Waals surface area contributed by atoms with Crippen LogP contribution in [-0.2, 0) is 9.47 Å². The van der Waals surface area contributed by atoms with Gasteiger partial charge in [0.25, 0.3) is 0 Å². The van der Waals surface area contributed by atoms with Gasteiger partial charge in [0.1, 0.15) is 22.8 Å². The minimum Gasteiger partial charge on any atom is -0.464 e. The molecule has 49 heavy (non-hydrogen) atoms. The molecule has 0 radical (unpaired) electrons. The first-order valence-corrected chi connectivity index (χ1v) is 17.4. The highest BCUT2D eigenvalue weighted by Crippen LogP contribution is 2.27. The summed E-state index contributed by atoms with van der Waals surface area (Å²) in [6.07, 6.45) is 9.12. The molecular formula is C34H45ClN8O6. The fraction of sp³-hybridized carbons (Fsp3) is 0.529. The summed E-state index contributed by atoms with van der Waals surface area (Å²) in [5, 5.41) is 5.17. The Labute approximate surface area is 290 Å². The zero-order valence-corrected chi connectivity index (χ0v) is 28.6. The highest BCUT2D eigenvalue weighted by Gasteiger charge is 2.26. The Morgan fingerprint density at radius 2 is 1.16 bits per heavy atom. The average Bonchev–Trinajstić information content (AvgIpc) is 3.67. The minimum absolute atomic E-state index is 0.134. The molecule has 15 heteroatoms. The molecule has 4 aliphatic heterocycles. The van der Waals surface area contributed by atoms with Crippen molar-refractivity contribution in [1.82, 2.24) is 30.0 Å². The van der Waals surface area contributed by atoms with Crippen molar-refractivity contribution in [3.8, 4) is 0 Å². The summed E-state index contributed by atoms with van der Waals surface area (Å²) in [5.74, 6) is 2.00. The summed E-state index contributed by atoms with van der Waals surface area (Å²) in [4.78, 5) is 42.1. The van der Waals surface area contributed by atoms with Crippen LogP contribution in [0.25, 0.3) is 21.9 Å². The van der Waals surface area contributed by atoms with Crippen LogP contribution in [0.3, 0.4) is 0 Å². The van der Waals surface area contributed by atoms with Gasteiger partial charge in [-0.2, -0.15) is 0 Å². The Kier molecular flexibility index (Phi) is 12.4. The van der Waals surface area contributed by atoms with E-state index >= 15 is 0 Å². The predicted octanol–water partition coefficient (Wildman–Crippen LogP) is 4.10. The number of ether oxygens (including phenoxy) is 2. The number of morpholine rings is 2. The molecule has 0 atom stereocenters. The van der Waals surface area contributed by atoms with Gasteiger partial charge in [-0.15, -0.1) is 0 Å². The van der Waals surface area contributed by atoms with Gasteiger partial charge in [0.05, 0.1) is 49.7 Å². The number of nitrogens with one attached hydrogen (secondary N) is 1. The third-order valence-electron chi connectivity index (χ3n) is 8.96. The second-order valence-electron chi connectivity index (χ2n) is 12.1. The number of furan rings is 2. The SMILES string of the molecule is O=C(Cl)N1CCOCC1.O=C(N1CCOCC1)N1CCCN(c2nccc3occc23)CC1.c1cc2occc2c(N2CCCNCC2)n1. The first kappa shape index (κ1) is 34.7. The molecule has 0 aliphatic carbocycles. The van der Waals surface area contributed by atoms with Crippen molar-refractivity contribution in [2.45, 2.75) is 12.8 Å². The fourth-order valence-electron chi connectivity index (χ4n) is 6.34. The van der Waals surface area contributed by atoms with E-state index in [1.165, 1.54) is 0 Å². The molecule has 3 amide bonds. The van der Waals surface area contributed by atoms with Gasteiger partial charge in [-0.3, -0.25) is 4.79 Å². The average molecular weight is 697 g/mol. The number of pyridine rings is 2. The van der Waals surface area contributed by atoms with Crippen LogP contribution in [0.4, 0.5) is 21.2 Å². The van der Waals surface area contributed by atoms with Crippen LogP contribution in [0.2, 0.25) is 0 Å². The quantitative estimate of drug-likeness (QED) is 0.240. The zero-order valence-electron chi connectivity index (χ0n) is 27.8. The van der Waals surface area contributed by atoms with Crippen molar-refractivity contribution in [2.24, 2.45) is 0 Å². The van der Waals surface area contributed by atoms with Gasteiger partial charge in [-0.05, 0) is 55.3 Å². The zero-order chi connectivity index (χ0) is 33.8. The molecule has 0 bridgehead atoms. The standard InChI is InChI=1S/C17H22N4O3.C12H15N3O.C5H8ClNO2/c22-17(21-9-12-23-13-10-21)20-6-1-5-19(7-8-20)16-14-3-11-24-15(14)2-4-18-16;1-4-13-6-8-15(7-1)12-10-3-9-16-11(10)2-5-14-12;6-5(8)7-1-3-9-4-2-7/h2-4,11H,1,5-10,12-13H2;2-3,5,9,13H,1,4,6-8H2;1-4H2. The van der Waals surface area contributed by atoms with Crippen molar-refractivity contribution in [3.63, 3.8) is 0 Å². The summed E-state index contributed by atoms with van der Waals surface area (Å²) in [5.41, 5.74) is 1.77. The summed E-state index contributed by atoms with van der Waals surface area (Å²) >= 11 is 5.19. The van der Waals surface area contributed by atoms with Gasteiger partial charge in [0, 0.05) is 84.4 Å². The van der Waals surface area contributed by atoms with E-state index in [0.717, 1.165) is 92.2 Å². The molecule has 264 valence electrons. The van der Waals surface area contributed by atoms with Crippen molar-refractivity contribution in [3.05, 3.63) is 49.2 Å². The topological polar surface area (TPSA) is 133 Å². The maximum absolute atomic E-state index is 12.7. The Morgan fingerprint density at radius 1 is 0.612 bits per heavy atom. The number of anilines is 2. The fourth-order valence-corrected chi connectivity index (χ4v) is 6.50. The number of hydrogen-bond donors (Lipinski definition) is 1. The van der Waals surface area contributed by atoms with Gasteiger partial charge in [0.2, 0.25) is 0 Å². The predicted molar refractivity (Wildman–Crippen MR) is 188 cm³/mol. The van der Waals surface area contributed by atoms with Crippen LogP contribution in [0.5, 0.6) is 0 Å². The van der Waals surface area contributed by atoms with Gasteiger partial charge >= 0.3 is 11.4 Å². The Balaban J connectivity index is 0.000000143. The Hall–Kier alpha value is -4.11. The highest BCUT2D eigenvalue weighted by molar-refractivity contribution is 6.62. The lowest BCUT2D eigenvalue weighted by molar-refractivity contribution is 0.0438. The molecule has 1 N–H and O–H groups in total. The number of carbonyl (C=O) groups is 2. The third kappa shape index (κ3) is 9.12. The molecule has 0 spiro atoms. The molecule has 8 rings (SSSR count). The highest BCUT2D eigenvalue weighted by atomic mass is 35.5. The van der Waals surface area contributed by atoms with Crippen LogP contribution in [0.1, 0.15) is 12.8 Å². The second kappa shape index (κ2) is 17.5. The van der Waals surface area contributed by atoms with Gasteiger partial charge in [0.15, 0.2) is 0 Å². The second-order valence-corrected chi connectivity index (χ2v) is 12.4. The molecule has 4 aliphatic rings. The monoisotopic (exact) mass is 696 g/mol. The lowest BCUT2D eigenvalue weighted by Gasteiger charge is -2.32. The minimum atomic E-state index is -0.377. The summed E-state index contributed by atoms with van der Waals surface area (Å²) in [6.45, 7) is 12.5. The first-order valence-electron chi connectivity index (χ1n) is 17.1. The number of carbonyl (C=O) groups excluding carboxylic acids is 2. The van der Waals surface area contributed by atoms with Crippen LogP contribution in [0, 0.1) is 0 Å². The summed E-state index contributed by atoms with van der Waals surface area (Å²) in [7, 11) is 0. The molecular weight excluding hydrogens is 652 g/mol. The number of halogens is 1. The van der Waals surface area contributed by atoms with Crippen LogP contribution < -0.4 is 15.1 Å². The Bertz CT molecular complexity index is 1630. The summed E-state index contributed by atoms with van der Waals surface area (Å²) < 4.78 is 21.2. The van der Waals surface area contributed by atoms with E-state index in [-0.39, 0.29) is 11.4 Å². The van der Waals surface area contributed by atoms with E-state index in [1.807, 2.05) is 40.3 Å². The number of rotatable bonds is 2. The van der Waals surface area contributed by atoms with E-state index in [0.29, 0.717) is 59.2 Å². The van der Waals surface area contributed by atoms with Gasteiger partial charge in [-0.1, -0.05) is 0 Å². The molecule has 0 unspecified atom stereocenters. The van der Waals surface area contributed by atoms with Crippen LogP contribution in [0.15, 0.2) is 58.0 Å². The largest absolute Gasteiger partial charge is 0.464 e. The molecule has 0 saturated carbocycles. The van der Waals surface area contributed by atoms with Gasteiger partial charge < -0.3 is 48.1 Å². The molecule has 14 nitrogen and oxygen atoms in total. The normalized spacial score (nSPS) is 19.0. The number of hydrogen-bond acceptors (Lipinski definition) is 11. The smallest absolute Gasteiger partial charge is 0.320 e. The maximum Gasteiger partial charge on any atom is 0.320 e. The van der Waals surface area contributed by atoms with Crippen molar-refractivity contribution >= 4 is 56.6 Å². The van der Waals surface area contributed by atoms with Crippen LogP contribution in [-0.4, -0.2) is 141 Å². The number of aromatic nitrogens is 2. The number of fused-ring (bicyclic) bond motifs is 2. The molecule has 4 aromatic rings. The van der Waals surface area contributed by atoms with Crippen molar-refractivity contribution in [2.75, 3.05) is 115 Å². The van der Waals surface area contributed by atoms with Gasteiger partial charge in [-0.25, -0.2) is 14.8 Å². The van der Waals surface area contributed by atoms with E-state index in [2.05, 4.69) is 25.1 Å². The Morgan fingerprint density at radius 3 is 1.76 bits per heavy atom. The molecule has 4 aromatic heterocycles. The lowest BCUT2D eigenvalue weighted by Crippen LogP contribution is -2.49. The number of amides is 3. The van der Waals surface area contributed by atoms with E-state index < -0.39 is 0 Å². The molecule has 8 heterocycles. The van der Waals surface area contributed by atoms with E-state index in [1.54, 1.807) is 23.6 Å². The van der Waals surface area contributed by atoms with Crippen molar-refractivity contribution in [1.29, 1.82) is 0 Å². The van der Waals surface area contributed by atoms with Crippen molar-refractivity contribution < 1.29 is 27.9 Å². The van der Waals surface area contributed by atoms with Crippen LogP contribution >= 0.6 is 11.6 Å². The first-order chi connectivity index (χ1) is 24.1. The molecule has 0 aromatic carbocycles. The summed E-state index contributed by atoms with van der Waals surface area (Å²) in [6, 6.07) is 7.88.